The van der Waals surface area contributed by atoms with Crippen LogP contribution in [-0.2, 0) is 16.4 Å². The number of phenols is 1. The number of hydrogen-bond acceptors (Lipinski definition) is 6. The molecule has 2 aliphatic rings. The number of carbonyl (C=O) groups is 1. The van der Waals surface area contributed by atoms with Gasteiger partial charge in [-0.05, 0) is 60.2 Å². The zero-order chi connectivity index (χ0) is 32.1. The molecule has 1 atom stereocenters. The first kappa shape index (κ1) is 30.3. The average Bonchev–Trinajstić information content (AvgIpc) is 3.12. The summed E-state index contributed by atoms with van der Waals surface area (Å²) in [6, 6.07) is 20.6. The maximum atomic E-state index is 16.3. The summed E-state index contributed by atoms with van der Waals surface area (Å²) in [6.45, 7) is 5.28. The van der Waals surface area contributed by atoms with E-state index in [4.69, 9.17) is 4.74 Å². The van der Waals surface area contributed by atoms with Crippen molar-refractivity contribution in [2.45, 2.75) is 39.8 Å². The lowest BCUT2D eigenvalue weighted by molar-refractivity contribution is 0.0976. The van der Waals surface area contributed by atoms with Gasteiger partial charge < -0.3 is 15.2 Å². The summed E-state index contributed by atoms with van der Waals surface area (Å²) in [4.78, 5) is 15.3. The van der Waals surface area contributed by atoms with Crippen molar-refractivity contribution < 1.29 is 31.8 Å². The maximum absolute atomic E-state index is 16.3. The fraction of sp³-hybridized carbons (Fsp3) is 0.229. The minimum Gasteiger partial charge on any atom is -0.506 e. The molecular weight excluding hydrogens is 598 g/mol. The Morgan fingerprint density at radius 1 is 1.02 bits per heavy atom. The Bertz CT molecular complexity index is 1960. The molecule has 2 aliphatic heterocycles. The van der Waals surface area contributed by atoms with Crippen LogP contribution >= 0.6 is 0 Å². The molecule has 1 unspecified atom stereocenters. The summed E-state index contributed by atoms with van der Waals surface area (Å²) < 4.78 is 65.9. The van der Waals surface area contributed by atoms with Crippen molar-refractivity contribution in [3.8, 4) is 11.5 Å². The number of fused-ring (bicyclic) bond motifs is 1. The minimum atomic E-state index is -4.13. The number of aryl methyl sites for hydroxylation is 1. The number of benzene rings is 4. The predicted octanol–water partition coefficient (Wildman–Crippen LogP) is 7.43. The summed E-state index contributed by atoms with van der Waals surface area (Å²) in [5, 5.41) is 14.1. The third-order valence-electron chi connectivity index (χ3n) is 8.09. The van der Waals surface area contributed by atoms with Crippen molar-refractivity contribution >= 4 is 27.1 Å². The van der Waals surface area contributed by atoms with Gasteiger partial charge in [-0.15, -0.1) is 0 Å². The predicted molar refractivity (Wildman–Crippen MR) is 169 cm³/mol. The fourth-order valence-electron chi connectivity index (χ4n) is 6.11. The van der Waals surface area contributed by atoms with Gasteiger partial charge in [0.15, 0.2) is 9.84 Å². The number of anilines is 2. The number of nitrogens with one attached hydrogen (secondary N) is 1. The van der Waals surface area contributed by atoms with Crippen LogP contribution in [0.3, 0.4) is 0 Å². The molecule has 1 amide bonds. The molecule has 0 aliphatic carbocycles. The molecule has 7 nitrogen and oxygen atoms in total. The second kappa shape index (κ2) is 11.3. The van der Waals surface area contributed by atoms with Crippen LogP contribution in [0.5, 0.6) is 11.5 Å². The Morgan fingerprint density at radius 2 is 1.76 bits per heavy atom. The Morgan fingerprint density at radius 3 is 2.49 bits per heavy atom. The Balaban J connectivity index is 1.58. The van der Waals surface area contributed by atoms with Gasteiger partial charge >= 0.3 is 0 Å². The zero-order valence-corrected chi connectivity index (χ0v) is 25.8. The average molecular weight is 631 g/mol. The van der Waals surface area contributed by atoms with Gasteiger partial charge in [0.2, 0.25) is 0 Å². The molecule has 0 aromatic heterocycles. The van der Waals surface area contributed by atoms with Gasteiger partial charge in [-0.3, -0.25) is 9.69 Å². The van der Waals surface area contributed by atoms with E-state index in [0.29, 0.717) is 0 Å². The van der Waals surface area contributed by atoms with E-state index in [1.165, 1.54) is 55.5 Å². The number of nitrogens with zero attached hydrogens (tertiary/aromatic N) is 1. The highest BCUT2D eigenvalue weighted by Crippen LogP contribution is 2.52. The van der Waals surface area contributed by atoms with E-state index in [9.17, 15) is 18.3 Å². The van der Waals surface area contributed by atoms with E-state index < -0.39 is 38.8 Å². The van der Waals surface area contributed by atoms with E-state index in [0.717, 1.165) is 16.5 Å². The third-order valence-corrected chi connectivity index (χ3v) is 10.4. The topological polar surface area (TPSA) is 95.9 Å². The number of allylic oxidation sites excluding steroid dienone is 1. The Kier molecular flexibility index (Phi) is 7.64. The normalized spacial score (nSPS) is 18.3. The molecule has 2 N–H and O–H groups in total. The number of ether oxygens (including phenoxy) is 1. The Hall–Kier alpha value is -4.70. The van der Waals surface area contributed by atoms with Gasteiger partial charge in [0.05, 0.1) is 21.9 Å². The van der Waals surface area contributed by atoms with Crippen molar-refractivity contribution in [1.29, 1.82) is 0 Å². The van der Waals surface area contributed by atoms with Crippen LogP contribution in [0.15, 0.2) is 95.5 Å². The molecule has 0 saturated carbocycles. The van der Waals surface area contributed by atoms with E-state index in [-0.39, 0.29) is 68.9 Å². The van der Waals surface area contributed by atoms with Crippen LogP contribution in [0.25, 0.3) is 0 Å². The lowest BCUT2D eigenvalue weighted by Crippen LogP contribution is -2.41. The molecule has 0 radical (unpaired) electrons. The van der Waals surface area contributed by atoms with Crippen molar-refractivity contribution in [2.75, 3.05) is 16.0 Å². The number of amides is 1. The summed E-state index contributed by atoms with van der Waals surface area (Å²) >= 11 is 0. The number of para-hydroxylation sites is 1. The standard InChI is InChI=1S/C35H32F2N2O5S/c1-21-9-7-12-25(30(21)37)34(41)39-28-13-8-14-29(40)31(28)38-27-18-35(2,3)20-45(42,43)33(27)32(39)24-16-15-23(17-26(24)36)44-19-22-10-5-4-6-11-22/h4-17,32,38,40H,18-20H2,1-3H3. The lowest BCUT2D eigenvalue weighted by Gasteiger charge is -2.37. The number of aromatic hydroxyl groups is 1. The van der Waals surface area contributed by atoms with Crippen LogP contribution in [0.2, 0.25) is 0 Å². The van der Waals surface area contributed by atoms with Gasteiger partial charge in [0.25, 0.3) is 5.91 Å². The molecule has 0 bridgehead atoms. The minimum absolute atomic E-state index is 0.0602. The lowest BCUT2D eigenvalue weighted by atomic mass is 9.88. The van der Waals surface area contributed by atoms with E-state index in [1.807, 2.05) is 30.3 Å². The van der Waals surface area contributed by atoms with Crippen molar-refractivity contribution in [3.05, 3.63) is 129 Å². The van der Waals surface area contributed by atoms with Gasteiger partial charge in [-0.25, -0.2) is 17.2 Å². The fourth-order valence-corrected chi connectivity index (χ4v) is 8.47. The summed E-state index contributed by atoms with van der Waals surface area (Å²) in [6.07, 6.45) is 0.229. The van der Waals surface area contributed by atoms with Crippen LogP contribution < -0.4 is 15.0 Å². The summed E-state index contributed by atoms with van der Waals surface area (Å²) in [5.74, 6) is -2.81. The molecule has 4 aromatic rings. The second-order valence-electron chi connectivity index (χ2n) is 12.2. The number of sulfone groups is 1. The molecule has 45 heavy (non-hydrogen) atoms. The number of halogens is 2. The van der Waals surface area contributed by atoms with Gasteiger partial charge in [-0.1, -0.05) is 62.4 Å². The first-order valence-corrected chi connectivity index (χ1v) is 16.1. The first-order chi connectivity index (χ1) is 21.4. The van der Waals surface area contributed by atoms with Crippen molar-refractivity contribution in [1.82, 2.24) is 0 Å². The number of rotatable bonds is 5. The molecule has 0 fully saturated rings. The maximum Gasteiger partial charge on any atom is 0.262 e. The number of phenolic OH excluding ortho intramolecular Hbond substituents is 1. The molecule has 10 heteroatoms. The third kappa shape index (κ3) is 5.66. The Labute approximate surface area is 260 Å². The van der Waals surface area contributed by atoms with E-state index in [1.54, 1.807) is 13.8 Å². The number of hydrogen-bond donors (Lipinski definition) is 2. The second-order valence-corrected chi connectivity index (χ2v) is 14.2. The van der Waals surface area contributed by atoms with E-state index in [2.05, 4.69) is 5.32 Å². The molecular formula is C35H32F2N2O5S. The van der Waals surface area contributed by atoms with Crippen LogP contribution in [0.1, 0.15) is 53.4 Å². The largest absolute Gasteiger partial charge is 0.506 e. The molecule has 2 heterocycles. The smallest absolute Gasteiger partial charge is 0.262 e. The SMILES string of the molecule is Cc1cccc(C(=O)N2c3cccc(O)c3NC3=C(C2c2ccc(OCc4ccccc4)cc2F)S(=O)(=O)CC(C)(C)C3)c1F. The molecule has 232 valence electrons. The molecule has 6 rings (SSSR count). The van der Waals surface area contributed by atoms with Crippen LogP contribution in [-0.4, -0.2) is 25.2 Å². The molecule has 4 aromatic carbocycles. The van der Waals surface area contributed by atoms with Gasteiger partial charge in [-0.2, -0.15) is 0 Å². The monoisotopic (exact) mass is 630 g/mol. The van der Waals surface area contributed by atoms with Crippen LogP contribution in [0, 0.1) is 24.0 Å². The molecule has 0 spiro atoms. The van der Waals surface area contributed by atoms with Crippen molar-refractivity contribution in [2.24, 2.45) is 5.41 Å². The van der Waals surface area contributed by atoms with E-state index >= 15 is 8.78 Å². The highest BCUT2D eigenvalue weighted by Gasteiger charge is 2.48. The van der Waals surface area contributed by atoms with Gasteiger partial charge in [0.1, 0.15) is 41.5 Å². The summed E-state index contributed by atoms with van der Waals surface area (Å²) in [5.41, 5.74) is 0.266. The highest BCUT2D eigenvalue weighted by atomic mass is 32.2. The first-order valence-electron chi connectivity index (χ1n) is 14.5. The zero-order valence-electron chi connectivity index (χ0n) is 25.0. The highest BCUT2D eigenvalue weighted by molar-refractivity contribution is 7.95. The molecule has 0 saturated heterocycles. The van der Waals surface area contributed by atoms with Gasteiger partial charge in [0, 0.05) is 17.3 Å². The summed E-state index contributed by atoms with van der Waals surface area (Å²) in [7, 11) is -4.13. The van der Waals surface area contributed by atoms with Crippen molar-refractivity contribution in [3.63, 3.8) is 0 Å². The van der Waals surface area contributed by atoms with Crippen LogP contribution in [0.4, 0.5) is 20.2 Å². The quantitative estimate of drug-likeness (QED) is 0.223. The number of carbonyl (C=O) groups excluding carboxylic acids is 1.